The number of hydrogen-bond acceptors (Lipinski definition) is 2. The van der Waals surface area contributed by atoms with Crippen LogP contribution in [0.2, 0.25) is 0 Å². The van der Waals surface area contributed by atoms with Crippen LogP contribution in [0.4, 0.5) is 4.39 Å². The van der Waals surface area contributed by atoms with E-state index in [1.54, 1.807) is 12.1 Å². The summed E-state index contributed by atoms with van der Waals surface area (Å²) in [5.74, 6) is 0.292. The summed E-state index contributed by atoms with van der Waals surface area (Å²) < 4.78 is 14.1. The second kappa shape index (κ2) is 6.64. The molecule has 0 aliphatic heterocycles. The van der Waals surface area contributed by atoms with E-state index >= 15 is 0 Å². The number of halogens is 2. The van der Waals surface area contributed by atoms with E-state index in [1.165, 1.54) is 0 Å². The zero-order valence-electron chi connectivity index (χ0n) is 11.5. The molecule has 0 amide bonds. The van der Waals surface area contributed by atoms with Crippen molar-refractivity contribution < 1.29 is 4.39 Å². The maximum absolute atomic E-state index is 13.6. The summed E-state index contributed by atoms with van der Waals surface area (Å²) in [7, 11) is 2.04. The van der Waals surface area contributed by atoms with Crippen molar-refractivity contribution in [2.75, 3.05) is 13.6 Å². The summed E-state index contributed by atoms with van der Waals surface area (Å²) in [6.45, 7) is 7.00. The molecule has 2 N–H and O–H groups in total. The highest BCUT2D eigenvalue weighted by Gasteiger charge is 2.22. The first-order valence-electron chi connectivity index (χ1n) is 6.25. The van der Waals surface area contributed by atoms with Gasteiger partial charge in [-0.25, -0.2) is 4.39 Å². The van der Waals surface area contributed by atoms with E-state index in [4.69, 9.17) is 5.73 Å². The van der Waals surface area contributed by atoms with Gasteiger partial charge in [0, 0.05) is 18.6 Å². The van der Waals surface area contributed by atoms with Crippen LogP contribution in [0.3, 0.4) is 0 Å². The zero-order chi connectivity index (χ0) is 13.9. The van der Waals surface area contributed by atoms with Crippen LogP contribution in [0.5, 0.6) is 0 Å². The first-order valence-corrected chi connectivity index (χ1v) is 7.04. The van der Waals surface area contributed by atoms with Gasteiger partial charge in [-0.05, 0) is 53.5 Å². The summed E-state index contributed by atoms with van der Waals surface area (Å²) in [4.78, 5) is 2.22. The van der Waals surface area contributed by atoms with Crippen LogP contribution >= 0.6 is 15.9 Å². The Balaban J connectivity index is 2.98. The lowest BCUT2D eigenvalue weighted by atomic mass is 9.99. The molecule has 0 aromatic heterocycles. The first-order chi connectivity index (χ1) is 8.38. The summed E-state index contributed by atoms with van der Waals surface area (Å²) in [6.07, 6.45) is 0. The van der Waals surface area contributed by atoms with Gasteiger partial charge in [0.15, 0.2) is 0 Å². The molecule has 18 heavy (non-hydrogen) atoms. The van der Waals surface area contributed by atoms with Crippen LogP contribution in [0.1, 0.15) is 32.4 Å². The summed E-state index contributed by atoms with van der Waals surface area (Å²) >= 11 is 3.17. The molecule has 1 aromatic carbocycles. The lowest BCUT2D eigenvalue weighted by Crippen LogP contribution is -2.39. The average Bonchev–Trinajstić information content (AvgIpc) is 2.33. The Kier molecular flexibility index (Phi) is 5.76. The molecule has 1 aromatic rings. The molecule has 0 spiro atoms. The lowest BCUT2D eigenvalue weighted by molar-refractivity contribution is 0.151. The smallest absolute Gasteiger partial charge is 0.137 e. The van der Waals surface area contributed by atoms with Crippen molar-refractivity contribution in [1.29, 1.82) is 0 Å². The van der Waals surface area contributed by atoms with Crippen LogP contribution in [0.15, 0.2) is 22.7 Å². The predicted molar refractivity (Wildman–Crippen MR) is 78.0 cm³/mol. The van der Waals surface area contributed by atoms with Gasteiger partial charge in [0.1, 0.15) is 5.82 Å². The van der Waals surface area contributed by atoms with E-state index in [2.05, 4.69) is 41.6 Å². The van der Waals surface area contributed by atoms with Crippen LogP contribution < -0.4 is 5.73 Å². The van der Waals surface area contributed by atoms with E-state index in [9.17, 15) is 4.39 Å². The van der Waals surface area contributed by atoms with Crippen LogP contribution in [-0.4, -0.2) is 24.5 Å². The van der Waals surface area contributed by atoms with Crippen molar-refractivity contribution in [1.82, 2.24) is 4.90 Å². The van der Waals surface area contributed by atoms with Crippen molar-refractivity contribution in [3.05, 3.63) is 34.1 Å². The molecule has 0 fully saturated rings. The highest BCUT2D eigenvalue weighted by molar-refractivity contribution is 9.10. The highest BCUT2D eigenvalue weighted by atomic mass is 79.9. The molecule has 4 heteroatoms. The van der Waals surface area contributed by atoms with Crippen molar-refractivity contribution in [2.45, 2.75) is 32.9 Å². The number of nitrogens with two attached hydrogens (primary N) is 1. The van der Waals surface area contributed by atoms with Crippen molar-refractivity contribution >= 4 is 15.9 Å². The first kappa shape index (κ1) is 15.6. The van der Waals surface area contributed by atoms with E-state index in [0.29, 0.717) is 23.0 Å². The van der Waals surface area contributed by atoms with Crippen LogP contribution in [0, 0.1) is 11.7 Å². The van der Waals surface area contributed by atoms with Gasteiger partial charge in [-0.3, -0.25) is 4.90 Å². The molecule has 2 atom stereocenters. The predicted octanol–water partition coefficient (Wildman–Crippen LogP) is 3.56. The molecule has 2 nitrogen and oxygen atoms in total. The molecule has 0 saturated heterocycles. The summed E-state index contributed by atoms with van der Waals surface area (Å²) in [5, 5.41) is 0. The van der Waals surface area contributed by atoms with Crippen LogP contribution in [-0.2, 0) is 0 Å². The molecular formula is C14H22BrFN2. The molecular weight excluding hydrogens is 295 g/mol. The number of nitrogens with zero attached hydrogens (tertiary/aromatic N) is 1. The summed E-state index contributed by atoms with van der Waals surface area (Å²) in [6, 6.07) is 5.66. The molecule has 2 unspecified atom stereocenters. The molecule has 0 aliphatic carbocycles. The maximum atomic E-state index is 13.6. The Morgan fingerprint density at radius 1 is 1.33 bits per heavy atom. The molecule has 0 radical (unpaired) electrons. The van der Waals surface area contributed by atoms with Gasteiger partial charge in [0.05, 0.1) is 4.47 Å². The van der Waals surface area contributed by atoms with Crippen molar-refractivity contribution in [3.63, 3.8) is 0 Å². The summed E-state index contributed by atoms with van der Waals surface area (Å²) in [5.41, 5.74) is 6.78. The number of benzene rings is 1. The Morgan fingerprint density at radius 3 is 2.39 bits per heavy atom. The molecule has 1 rings (SSSR count). The Bertz CT molecular complexity index is 395. The third-order valence-corrected chi connectivity index (χ3v) is 4.29. The monoisotopic (exact) mass is 316 g/mol. The highest BCUT2D eigenvalue weighted by Crippen LogP contribution is 2.26. The third-order valence-electron chi connectivity index (χ3n) is 3.65. The quantitative estimate of drug-likeness (QED) is 0.900. The van der Waals surface area contributed by atoms with Gasteiger partial charge in [-0.15, -0.1) is 0 Å². The van der Waals surface area contributed by atoms with E-state index in [1.807, 2.05) is 13.1 Å². The SMILES string of the molecule is CC(C)C(C)N(C)C(CN)c1ccc(Br)c(F)c1. The minimum Gasteiger partial charge on any atom is -0.329 e. The fourth-order valence-electron chi connectivity index (χ4n) is 2.01. The minimum absolute atomic E-state index is 0.0463. The van der Waals surface area contributed by atoms with Crippen LogP contribution in [0.25, 0.3) is 0 Å². The average molecular weight is 317 g/mol. The normalized spacial score (nSPS) is 15.2. The van der Waals surface area contributed by atoms with Gasteiger partial charge in [-0.2, -0.15) is 0 Å². The molecule has 0 bridgehead atoms. The van der Waals surface area contributed by atoms with Gasteiger partial charge < -0.3 is 5.73 Å². The topological polar surface area (TPSA) is 29.3 Å². The number of hydrogen-bond donors (Lipinski definition) is 1. The lowest BCUT2D eigenvalue weighted by Gasteiger charge is -2.35. The van der Waals surface area contributed by atoms with Gasteiger partial charge in [0.25, 0.3) is 0 Å². The zero-order valence-corrected chi connectivity index (χ0v) is 13.0. The fourth-order valence-corrected chi connectivity index (χ4v) is 2.26. The van der Waals surface area contributed by atoms with E-state index in [0.717, 1.165) is 5.56 Å². The Hall–Kier alpha value is -0.450. The van der Waals surface area contributed by atoms with Gasteiger partial charge in [-0.1, -0.05) is 19.9 Å². The van der Waals surface area contributed by atoms with E-state index < -0.39 is 0 Å². The number of likely N-dealkylation sites (N-methyl/N-ethyl adjacent to an activating group) is 1. The maximum Gasteiger partial charge on any atom is 0.137 e. The van der Waals surface area contributed by atoms with Crippen molar-refractivity contribution in [2.24, 2.45) is 11.7 Å². The second-order valence-corrected chi connectivity index (χ2v) is 5.93. The number of rotatable bonds is 5. The molecule has 0 heterocycles. The third kappa shape index (κ3) is 3.53. The second-order valence-electron chi connectivity index (χ2n) is 5.08. The molecule has 0 saturated carbocycles. The minimum atomic E-state index is -0.239. The van der Waals surface area contributed by atoms with E-state index in [-0.39, 0.29) is 11.9 Å². The Labute approximate surface area is 117 Å². The standard InChI is InChI=1S/C14H22BrFN2/c1-9(2)10(3)18(4)14(8-17)11-5-6-12(15)13(16)7-11/h5-7,9-10,14H,8,17H2,1-4H3. The van der Waals surface area contributed by atoms with Crippen molar-refractivity contribution in [3.8, 4) is 0 Å². The molecule has 0 aliphatic rings. The van der Waals surface area contributed by atoms with Gasteiger partial charge in [0.2, 0.25) is 0 Å². The van der Waals surface area contributed by atoms with Gasteiger partial charge >= 0.3 is 0 Å². The Morgan fingerprint density at radius 2 is 1.94 bits per heavy atom. The largest absolute Gasteiger partial charge is 0.329 e. The molecule has 102 valence electrons. The fraction of sp³-hybridized carbons (Fsp3) is 0.571.